The highest BCUT2D eigenvalue weighted by Gasteiger charge is 2.18. The van der Waals surface area contributed by atoms with E-state index in [0.717, 1.165) is 4.88 Å². The first kappa shape index (κ1) is 13.0. The van der Waals surface area contributed by atoms with Gasteiger partial charge in [0, 0.05) is 15.3 Å². The lowest BCUT2D eigenvalue weighted by Gasteiger charge is -2.12. The third-order valence-corrected chi connectivity index (χ3v) is 4.35. The van der Waals surface area contributed by atoms with Crippen LogP contribution in [-0.4, -0.2) is 12.7 Å². The summed E-state index contributed by atoms with van der Waals surface area (Å²) in [6.07, 6.45) is 0. The molecule has 3 rings (SSSR count). The molecule has 1 atom stereocenters. The second-order valence-electron chi connectivity index (χ2n) is 4.71. The van der Waals surface area contributed by atoms with Crippen molar-refractivity contribution in [3.63, 3.8) is 0 Å². The van der Waals surface area contributed by atoms with E-state index in [1.165, 1.54) is 4.88 Å². The molecule has 20 heavy (non-hydrogen) atoms. The minimum Gasteiger partial charge on any atom is -0.454 e. The molecule has 1 aromatic carbocycles. The van der Waals surface area contributed by atoms with Crippen LogP contribution in [0.2, 0.25) is 0 Å². The Hall–Kier alpha value is -2.01. The Bertz CT molecular complexity index is 650. The van der Waals surface area contributed by atoms with Crippen LogP contribution in [0.1, 0.15) is 33.1 Å². The molecule has 1 amide bonds. The molecule has 1 N–H and O–H groups in total. The predicted molar refractivity (Wildman–Crippen MR) is 77.5 cm³/mol. The van der Waals surface area contributed by atoms with Crippen LogP contribution in [0.4, 0.5) is 0 Å². The Morgan fingerprint density at radius 1 is 1.25 bits per heavy atom. The first-order valence-corrected chi connectivity index (χ1v) is 7.22. The zero-order chi connectivity index (χ0) is 14.1. The van der Waals surface area contributed by atoms with E-state index in [1.54, 1.807) is 29.5 Å². The minimum absolute atomic E-state index is 0.00776. The molecule has 4 nitrogen and oxygen atoms in total. The molecule has 0 radical (unpaired) electrons. The lowest BCUT2D eigenvalue weighted by molar-refractivity contribution is 0.0940. The number of ether oxygens (including phenoxy) is 2. The molecule has 1 aromatic heterocycles. The monoisotopic (exact) mass is 289 g/mol. The molecule has 104 valence electrons. The maximum Gasteiger partial charge on any atom is 0.251 e. The lowest BCUT2D eigenvalue weighted by Crippen LogP contribution is -2.26. The van der Waals surface area contributed by atoms with Crippen molar-refractivity contribution in [1.82, 2.24) is 5.32 Å². The standard InChI is InChI=1S/C15H15NO3S/c1-9-3-6-14(20-9)10(2)16-15(17)11-4-5-12-13(7-11)19-8-18-12/h3-7,10H,8H2,1-2H3,(H,16,17). The average Bonchev–Trinajstić information content (AvgIpc) is 3.05. The average molecular weight is 289 g/mol. The smallest absolute Gasteiger partial charge is 0.251 e. The van der Waals surface area contributed by atoms with Crippen LogP contribution >= 0.6 is 11.3 Å². The van der Waals surface area contributed by atoms with Crippen LogP contribution < -0.4 is 14.8 Å². The molecule has 5 heteroatoms. The molecule has 0 fully saturated rings. The van der Waals surface area contributed by atoms with Crippen molar-refractivity contribution in [3.05, 3.63) is 45.6 Å². The quantitative estimate of drug-likeness (QED) is 0.943. The van der Waals surface area contributed by atoms with Crippen molar-refractivity contribution in [2.75, 3.05) is 6.79 Å². The van der Waals surface area contributed by atoms with Gasteiger partial charge in [0.25, 0.3) is 5.91 Å². The van der Waals surface area contributed by atoms with Gasteiger partial charge in [0.1, 0.15) is 0 Å². The van der Waals surface area contributed by atoms with Crippen LogP contribution in [0.25, 0.3) is 0 Å². The van der Waals surface area contributed by atoms with Crippen LogP contribution in [0, 0.1) is 6.92 Å². The largest absolute Gasteiger partial charge is 0.454 e. The van der Waals surface area contributed by atoms with E-state index in [2.05, 4.69) is 18.3 Å². The Morgan fingerprint density at radius 2 is 2.05 bits per heavy atom. The summed E-state index contributed by atoms with van der Waals surface area (Å²) in [7, 11) is 0. The number of benzene rings is 1. The van der Waals surface area contributed by atoms with Gasteiger partial charge in [-0.1, -0.05) is 0 Å². The van der Waals surface area contributed by atoms with E-state index in [4.69, 9.17) is 9.47 Å². The first-order valence-electron chi connectivity index (χ1n) is 6.40. The molecule has 2 heterocycles. The number of rotatable bonds is 3. The molecular weight excluding hydrogens is 274 g/mol. The van der Waals surface area contributed by atoms with Gasteiger partial charge in [0.2, 0.25) is 6.79 Å². The van der Waals surface area contributed by atoms with Gasteiger partial charge in [-0.3, -0.25) is 4.79 Å². The van der Waals surface area contributed by atoms with E-state index in [1.807, 2.05) is 13.0 Å². The molecule has 2 aromatic rings. The second kappa shape index (κ2) is 5.17. The summed E-state index contributed by atoms with van der Waals surface area (Å²) in [5, 5.41) is 2.99. The zero-order valence-electron chi connectivity index (χ0n) is 11.3. The van der Waals surface area contributed by atoms with Crippen LogP contribution in [0.3, 0.4) is 0 Å². The molecule has 0 aliphatic carbocycles. The van der Waals surface area contributed by atoms with Crippen LogP contribution in [0.5, 0.6) is 11.5 Å². The summed E-state index contributed by atoms with van der Waals surface area (Å²) >= 11 is 1.69. The Labute approximate surface area is 121 Å². The molecule has 0 saturated heterocycles. The van der Waals surface area contributed by atoms with Crippen molar-refractivity contribution >= 4 is 17.2 Å². The fraction of sp³-hybridized carbons (Fsp3) is 0.267. The maximum atomic E-state index is 12.2. The van der Waals surface area contributed by atoms with E-state index in [0.29, 0.717) is 17.1 Å². The summed E-state index contributed by atoms with van der Waals surface area (Å²) in [6.45, 7) is 4.25. The normalized spacial score (nSPS) is 14.1. The van der Waals surface area contributed by atoms with Gasteiger partial charge in [0.05, 0.1) is 6.04 Å². The molecule has 1 unspecified atom stereocenters. The number of hydrogen-bond donors (Lipinski definition) is 1. The lowest BCUT2D eigenvalue weighted by atomic mass is 10.1. The summed E-state index contributed by atoms with van der Waals surface area (Å²) in [5.41, 5.74) is 0.578. The van der Waals surface area contributed by atoms with Gasteiger partial charge in [-0.05, 0) is 44.2 Å². The number of hydrogen-bond acceptors (Lipinski definition) is 4. The topological polar surface area (TPSA) is 47.6 Å². The fourth-order valence-electron chi connectivity index (χ4n) is 2.08. The van der Waals surface area contributed by atoms with Crippen molar-refractivity contribution in [2.24, 2.45) is 0 Å². The number of amides is 1. The molecule has 0 spiro atoms. The number of thiophene rings is 1. The molecule has 1 aliphatic heterocycles. The van der Waals surface area contributed by atoms with Crippen LogP contribution in [-0.2, 0) is 0 Å². The number of aryl methyl sites for hydroxylation is 1. The summed E-state index contributed by atoms with van der Waals surface area (Å²) in [6, 6.07) is 9.32. The molecule has 0 bridgehead atoms. The van der Waals surface area contributed by atoms with Gasteiger partial charge >= 0.3 is 0 Å². The second-order valence-corrected chi connectivity index (χ2v) is 6.03. The number of carbonyl (C=O) groups is 1. The first-order chi connectivity index (χ1) is 9.63. The van der Waals surface area contributed by atoms with Crippen molar-refractivity contribution in [1.29, 1.82) is 0 Å². The minimum atomic E-state index is -0.109. The van der Waals surface area contributed by atoms with E-state index < -0.39 is 0 Å². The van der Waals surface area contributed by atoms with Gasteiger partial charge in [-0.25, -0.2) is 0 Å². The van der Waals surface area contributed by atoms with Gasteiger partial charge in [-0.15, -0.1) is 11.3 Å². The highest BCUT2D eigenvalue weighted by atomic mass is 32.1. The zero-order valence-corrected chi connectivity index (χ0v) is 12.1. The predicted octanol–water partition coefficient (Wildman–Crippen LogP) is 3.28. The van der Waals surface area contributed by atoms with Crippen molar-refractivity contribution < 1.29 is 14.3 Å². The number of fused-ring (bicyclic) bond motifs is 1. The van der Waals surface area contributed by atoms with Gasteiger partial charge in [-0.2, -0.15) is 0 Å². The summed E-state index contributed by atoms with van der Waals surface area (Å²) < 4.78 is 10.5. The van der Waals surface area contributed by atoms with E-state index >= 15 is 0 Å². The molecule has 0 saturated carbocycles. The Kier molecular flexibility index (Phi) is 3.36. The molecular formula is C15H15NO3S. The highest BCUT2D eigenvalue weighted by molar-refractivity contribution is 7.12. The van der Waals surface area contributed by atoms with E-state index in [-0.39, 0.29) is 18.7 Å². The third-order valence-electron chi connectivity index (χ3n) is 3.17. The Morgan fingerprint density at radius 3 is 2.80 bits per heavy atom. The highest BCUT2D eigenvalue weighted by Crippen LogP contribution is 2.32. The van der Waals surface area contributed by atoms with Gasteiger partial charge in [0.15, 0.2) is 11.5 Å². The van der Waals surface area contributed by atoms with Gasteiger partial charge < -0.3 is 14.8 Å². The Balaban J connectivity index is 1.73. The number of nitrogens with one attached hydrogen (secondary N) is 1. The SMILES string of the molecule is Cc1ccc(C(C)NC(=O)c2ccc3c(c2)OCO3)s1. The summed E-state index contributed by atoms with van der Waals surface area (Å²) in [4.78, 5) is 14.6. The summed E-state index contributed by atoms with van der Waals surface area (Å²) in [5.74, 6) is 1.20. The van der Waals surface area contributed by atoms with Crippen molar-refractivity contribution in [3.8, 4) is 11.5 Å². The van der Waals surface area contributed by atoms with Crippen molar-refractivity contribution in [2.45, 2.75) is 19.9 Å². The number of carbonyl (C=O) groups excluding carboxylic acids is 1. The van der Waals surface area contributed by atoms with E-state index in [9.17, 15) is 4.79 Å². The third kappa shape index (κ3) is 2.49. The maximum absolute atomic E-state index is 12.2. The van der Waals surface area contributed by atoms with Crippen LogP contribution in [0.15, 0.2) is 30.3 Å². The fourth-order valence-corrected chi connectivity index (χ4v) is 2.95. The molecule has 1 aliphatic rings.